The highest BCUT2D eigenvalue weighted by Crippen LogP contribution is 2.38. The summed E-state index contributed by atoms with van der Waals surface area (Å²) in [6, 6.07) is 96.8. The van der Waals surface area contributed by atoms with E-state index in [0.29, 0.717) is 0 Å². The smallest absolute Gasteiger partial charge is 0.179 e. The van der Waals surface area contributed by atoms with Gasteiger partial charge < -0.3 is 13.9 Å². The molecule has 360 valence electrons. The summed E-state index contributed by atoms with van der Waals surface area (Å²) in [5.74, 6) is 0. The van der Waals surface area contributed by atoms with Crippen LogP contribution in [0.25, 0.3) is 77.6 Å². The minimum Gasteiger partial charge on any atom is -0.334 e. The minimum absolute atomic E-state index is 0.0692. The Balaban J connectivity index is 0.864. The van der Waals surface area contributed by atoms with E-state index < -0.39 is 8.07 Å². The number of allylic oxidation sites excluding steroid dienone is 3. The molecule has 0 N–H and O–H groups in total. The summed E-state index contributed by atoms with van der Waals surface area (Å²) in [5.41, 5.74) is 14.3. The quantitative estimate of drug-likeness (QED) is 0.0929. The zero-order valence-electron chi connectivity index (χ0n) is 42.0. The molecule has 76 heavy (non-hydrogen) atoms. The van der Waals surface area contributed by atoms with Crippen LogP contribution in [0.3, 0.4) is 0 Å². The number of nitrogens with zero attached hydrogens (tertiary/aromatic N) is 3. The standard InChI is InChI=1S/C72H53N3Si/c1-2-19-64-66-48-54(37-47-71(66)75-68-30-17-15-20-55(68)50-72(64)75)52-34-40-58(41-35-52)73(59-42-44-63(45-43-59)76(60-23-9-4-10-24-60,61-25-11-5-12-26-61)62-27-13-6-14-28-62)57-38-32-51(33-39-57)53-36-46-70-67(49-53)65-29-16-18-31-69(65)74(70)56-21-7-3-8-22-56/h2-38,40-50,57H,1,39H2. The Morgan fingerprint density at radius 2 is 0.961 bits per heavy atom. The third-order valence-electron chi connectivity index (χ3n) is 15.9. The van der Waals surface area contributed by atoms with Crippen molar-refractivity contribution in [1.29, 1.82) is 0 Å². The second-order valence-corrected chi connectivity index (χ2v) is 23.8. The predicted octanol–water partition coefficient (Wildman–Crippen LogP) is 14.6. The Morgan fingerprint density at radius 1 is 0.434 bits per heavy atom. The second-order valence-electron chi connectivity index (χ2n) is 20.0. The van der Waals surface area contributed by atoms with Gasteiger partial charge in [0, 0.05) is 43.8 Å². The average molecular weight is 988 g/mol. The monoisotopic (exact) mass is 987 g/mol. The number of aromatic nitrogens is 2. The van der Waals surface area contributed by atoms with Crippen LogP contribution in [0.2, 0.25) is 0 Å². The number of hydrogen-bond acceptors (Lipinski definition) is 1. The van der Waals surface area contributed by atoms with Crippen molar-refractivity contribution in [1.82, 2.24) is 8.97 Å². The molecule has 0 spiro atoms. The molecule has 3 heterocycles. The zero-order valence-corrected chi connectivity index (χ0v) is 43.0. The Hall–Kier alpha value is -9.48. The number of rotatable bonds is 11. The van der Waals surface area contributed by atoms with Gasteiger partial charge >= 0.3 is 0 Å². The maximum absolute atomic E-state index is 4.11. The summed E-state index contributed by atoms with van der Waals surface area (Å²) in [4.78, 5) is 2.54. The van der Waals surface area contributed by atoms with Gasteiger partial charge in [-0.05, 0) is 128 Å². The molecular weight excluding hydrogens is 935 g/mol. The third kappa shape index (κ3) is 7.40. The molecule has 3 nitrogen and oxygen atoms in total. The largest absolute Gasteiger partial charge is 0.334 e. The molecule has 1 atom stereocenters. The summed E-state index contributed by atoms with van der Waals surface area (Å²) in [6.45, 7) is 4.11. The summed E-state index contributed by atoms with van der Waals surface area (Å²) < 4.78 is 4.78. The average Bonchev–Trinajstić information content (AvgIpc) is 4.18. The fourth-order valence-electron chi connectivity index (χ4n) is 12.5. The van der Waals surface area contributed by atoms with Crippen LogP contribution in [0.15, 0.2) is 292 Å². The molecule has 3 aromatic heterocycles. The van der Waals surface area contributed by atoms with Gasteiger partial charge in [-0.15, -0.1) is 0 Å². The summed E-state index contributed by atoms with van der Waals surface area (Å²) in [5, 5.41) is 11.6. The normalized spacial score (nSPS) is 14.0. The molecule has 14 rings (SSSR count). The first-order valence-corrected chi connectivity index (χ1v) is 28.4. The fraction of sp³-hybridized carbons (Fsp3) is 0.0278. The van der Waals surface area contributed by atoms with Crippen molar-refractivity contribution >= 4 is 101 Å². The zero-order chi connectivity index (χ0) is 50.6. The number of fused-ring (bicyclic) bond motifs is 8. The van der Waals surface area contributed by atoms with Crippen LogP contribution in [-0.4, -0.2) is 23.1 Å². The van der Waals surface area contributed by atoms with Gasteiger partial charge in [-0.2, -0.15) is 0 Å². The fourth-order valence-corrected chi connectivity index (χ4v) is 17.2. The SMILES string of the molecule is C=CC=c1c2cc(-c3ccc(N(c4ccc([Si](c5ccccc5)(c5ccccc5)c5ccccc5)cc4)C4C=CC(c5ccc6c(c5)c5ccccc5n6-c5ccccc5)=CC4)cc3)ccc2n2c1cc1ccccc12. The van der Waals surface area contributed by atoms with Crippen molar-refractivity contribution in [3.05, 3.63) is 303 Å². The first-order valence-electron chi connectivity index (χ1n) is 26.4. The highest BCUT2D eigenvalue weighted by atomic mass is 28.3. The summed E-state index contributed by atoms with van der Waals surface area (Å²) in [7, 11) is -2.73. The molecule has 1 aliphatic rings. The molecule has 1 unspecified atom stereocenters. The van der Waals surface area contributed by atoms with Crippen molar-refractivity contribution in [2.75, 3.05) is 4.90 Å². The molecule has 0 amide bonds. The van der Waals surface area contributed by atoms with Crippen LogP contribution in [0.5, 0.6) is 0 Å². The lowest BCUT2D eigenvalue weighted by Crippen LogP contribution is -2.74. The molecule has 13 aromatic rings. The highest BCUT2D eigenvalue weighted by Gasteiger charge is 2.41. The molecule has 0 fully saturated rings. The lowest BCUT2D eigenvalue weighted by Gasteiger charge is -2.36. The lowest BCUT2D eigenvalue weighted by atomic mass is 9.94. The Kier molecular flexibility index (Phi) is 11.2. The van der Waals surface area contributed by atoms with Crippen LogP contribution in [0.1, 0.15) is 12.0 Å². The summed E-state index contributed by atoms with van der Waals surface area (Å²) in [6.07, 6.45) is 12.1. The van der Waals surface area contributed by atoms with Gasteiger partial charge in [0.2, 0.25) is 0 Å². The lowest BCUT2D eigenvalue weighted by molar-refractivity contribution is 0.787. The van der Waals surface area contributed by atoms with Crippen LogP contribution >= 0.6 is 0 Å². The maximum atomic E-state index is 4.11. The number of para-hydroxylation sites is 3. The number of anilines is 2. The number of benzene rings is 10. The molecule has 0 saturated heterocycles. The van der Waals surface area contributed by atoms with E-state index in [9.17, 15) is 0 Å². The Labute approximate surface area is 444 Å². The molecule has 0 bridgehead atoms. The Bertz CT molecular complexity index is 4320. The highest BCUT2D eigenvalue weighted by molar-refractivity contribution is 7.19. The Morgan fingerprint density at radius 3 is 1.61 bits per heavy atom. The van der Waals surface area contributed by atoms with Crippen molar-refractivity contribution in [3.8, 4) is 16.8 Å². The van der Waals surface area contributed by atoms with E-state index >= 15 is 0 Å². The van der Waals surface area contributed by atoms with E-state index in [1.165, 1.54) is 103 Å². The molecule has 1 aliphatic carbocycles. The molecular formula is C72H53N3Si. The van der Waals surface area contributed by atoms with E-state index in [1.54, 1.807) is 0 Å². The molecule has 0 aliphatic heterocycles. The van der Waals surface area contributed by atoms with Crippen molar-refractivity contribution in [2.45, 2.75) is 12.5 Å². The molecule has 10 aromatic carbocycles. The predicted molar refractivity (Wildman–Crippen MR) is 326 cm³/mol. The van der Waals surface area contributed by atoms with Gasteiger partial charge in [-0.3, -0.25) is 0 Å². The maximum Gasteiger partial charge on any atom is 0.179 e. The van der Waals surface area contributed by atoms with Gasteiger partial charge in [0.15, 0.2) is 8.07 Å². The van der Waals surface area contributed by atoms with Crippen LogP contribution in [-0.2, 0) is 0 Å². The molecule has 0 saturated carbocycles. The van der Waals surface area contributed by atoms with Gasteiger partial charge in [-0.25, -0.2) is 0 Å². The van der Waals surface area contributed by atoms with Gasteiger partial charge in [-0.1, -0.05) is 219 Å². The van der Waals surface area contributed by atoms with Crippen LogP contribution in [0.4, 0.5) is 11.4 Å². The minimum atomic E-state index is -2.73. The van der Waals surface area contributed by atoms with E-state index in [1.807, 2.05) is 6.08 Å². The number of hydrogen-bond donors (Lipinski definition) is 0. The van der Waals surface area contributed by atoms with Crippen LogP contribution < -0.4 is 30.9 Å². The van der Waals surface area contributed by atoms with Gasteiger partial charge in [0.1, 0.15) is 0 Å². The van der Waals surface area contributed by atoms with Crippen molar-refractivity contribution < 1.29 is 0 Å². The molecule has 4 heteroatoms. The summed E-state index contributed by atoms with van der Waals surface area (Å²) >= 11 is 0. The van der Waals surface area contributed by atoms with E-state index in [-0.39, 0.29) is 6.04 Å². The topological polar surface area (TPSA) is 12.6 Å². The van der Waals surface area contributed by atoms with Gasteiger partial charge in [0.25, 0.3) is 0 Å². The van der Waals surface area contributed by atoms with Crippen molar-refractivity contribution in [2.24, 2.45) is 0 Å². The van der Waals surface area contributed by atoms with Gasteiger partial charge in [0.05, 0.1) is 33.6 Å². The van der Waals surface area contributed by atoms with E-state index in [4.69, 9.17) is 0 Å². The second kappa shape index (κ2) is 18.8. The first-order chi connectivity index (χ1) is 37.7. The van der Waals surface area contributed by atoms with Crippen molar-refractivity contribution in [3.63, 3.8) is 0 Å². The molecule has 0 radical (unpaired) electrons. The van der Waals surface area contributed by atoms with E-state index in [2.05, 4.69) is 306 Å². The van der Waals surface area contributed by atoms with Crippen LogP contribution in [0, 0.1) is 0 Å². The first kappa shape index (κ1) is 45.2. The van der Waals surface area contributed by atoms with E-state index in [0.717, 1.165) is 17.8 Å². The third-order valence-corrected chi connectivity index (χ3v) is 20.7.